The molecule has 2 N–H and O–H groups in total. The average molecular weight is 304 g/mol. The third kappa shape index (κ3) is 3.58. The Balaban J connectivity index is 1.64. The first-order valence-corrected chi connectivity index (χ1v) is 7.82. The number of furan rings is 1. The van der Waals surface area contributed by atoms with Gasteiger partial charge in [-0.3, -0.25) is 10.00 Å². The van der Waals surface area contributed by atoms with Crippen LogP contribution in [-0.4, -0.2) is 47.9 Å². The van der Waals surface area contributed by atoms with Gasteiger partial charge in [0.05, 0.1) is 25.5 Å². The lowest BCUT2D eigenvalue weighted by atomic mass is 10.1. The van der Waals surface area contributed by atoms with Gasteiger partial charge in [0.1, 0.15) is 11.5 Å². The summed E-state index contributed by atoms with van der Waals surface area (Å²) in [5.41, 5.74) is 2.32. The van der Waals surface area contributed by atoms with Crippen molar-refractivity contribution in [1.29, 1.82) is 0 Å². The van der Waals surface area contributed by atoms with E-state index in [1.165, 1.54) is 5.56 Å². The van der Waals surface area contributed by atoms with Crippen LogP contribution in [0.15, 0.2) is 22.7 Å². The molecule has 1 fully saturated rings. The second-order valence-corrected chi connectivity index (χ2v) is 5.76. The highest BCUT2D eigenvalue weighted by atomic mass is 16.5. The molecule has 1 atom stereocenters. The first-order chi connectivity index (χ1) is 10.7. The molecule has 1 aliphatic heterocycles. The van der Waals surface area contributed by atoms with Crippen LogP contribution in [0.3, 0.4) is 0 Å². The van der Waals surface area contributed by atoms with Crippen molar-refractivity contribution in [1.82, 2.24) is 20.4 Å². The van der Waals surface area contributed by atoms with E-state index >= 15 is 0 Å². The molecule has 0 bridgehead atoms. The Bertz CT molecular complexity index is 586. The molecule has 3 heterocycles. The summed E-state index contributed by atoms with van der Waals surface area (Å²) in [6.45, 7) is 9.14. The van der Waals surface area contributed by atoms with Crippen LogP contribution in [0, 0.1) is 13.8 Å². The Kier molecular flexibility index (Phi) is 4.92. The highest BCUT2D eigenvalue weighted by Crippen LogP contribution is 2.23. The van der Waals surface area contributed by atoms with E-state index in [2.05, 4.69) is 26.5 Å². The van der Waals surface area contributed by atoms with Gasteiger partial charge in [0.25, 0.3) is 0 Å². The van der Waals surface area contributed by atoms with Gasteiger partial charge in [0, 0.05) is 37.4 Å². The number of nitrogens with one attached hydrogen (secondary N) is 2. The zero-order valence-electron chi connectivity index (χ0n) is 13.3. The van der Waals surface area contributed by atoms with E-state index in [1.807, 2.05) is 26.1 Å². The largest absolute Gasteiger partial charge is 0.465 e. The minimum atomic E-state index is 0.241. The lowest BCUT2D eigenvalue weighted by Gasteiger charge is -2.33. The summed E-state index contributed by atoms with van der Waals surface area (Å²) in [4.78, 5) is 2.43. The molecule has 0 amide bonds. The number of aryl methyl sites for hydroxylation is 2. The molecule has 0 saturated carbocycles. The molecule has 0 spiro atoms. The first kappa shape index (κ1) is 15.3. The maximum absolute atomic E-state index is 5.87. The van der Waals surface area contributed by atoms with Crippen LogP contribution in [0.25, 0.3) is 0 Å². The van der Waals surface area contributed by atoms with Crippen molar-refractivity contribution < 1.29 is 9.15 Å². The van der Waals surface area contributed by atoms with E-state index in [9.17, 15) is 0 Å². The number of nitrogens with zero attached hydrogens (tertiary/aromatic N) is 2. The smallest absolute Gasteiger partial charge is 0.122 e. The summed E-state index contributed by atoms with van der Waals surface area (Å²) in [7, 11) is 0. The topological polar surface area (TPSA) is 66.3 Å². The Labute approximate surface area is 130 Å². The van der Waals surface area contributed by atoms with E-state index < -0.39 is 0 Å². The van der Waals surface area contributed by atoms with Crippen molar-refractivity contribution in [2.24, 2.45) is 0 Å². The van der Waals surface area contributed by atoms with E-state index in [0.717, 1.165) is 56.6 Å². The molecule has 3 rings (SSSR count). The van der Waals surface area contributed by atoms with Gasteiger partial charge < -0.3 is 14.5 Å². The number of hydrogen-bond donors (Lipinski definition) is 2. The van der Waals surface area contributed by atoms with Crippen molar-refractivity contribution in [3.8, 4) is 0 Å². The first-order valence-electron chi connectivity index (χ1n) is 7.82. The third-order valence-corrected chi connectivity index (χ3v) is 4.16. The Morgan fingerprint density at radius 3 is 2.77 bits per heavy atom. The quantitative estimate of drug-likeness (QED) is 0.851. The summed E-state index contributed by atoms with van der Waals surface area (Å²) in [6.07, 6.45) is 1.88. The summed E-state index contributed by atoms with van der Waals surface area (Å²) < 4.78 is 11.3. The fourth-order valence-corrected chi connectivity index (χ4v) is 2.83. The van der Waals surface area contributed by atoms with Crippen LogP contribution >= 0.6 is 0 Å². The number of morpholine rings is 1. The molecule has 6 heteroatoms. The molecule has 1 unspecified atom stereocenters. The van der Waals surface area contributed by atoms with Crippen molar-refractivity contribution in [3.63, 3.8) is 0 Å². The zero-order valence-corrected chi connectivity index (χ0v) is 13.3. The predicted molar refractivity (Wildman–Crippen MR) is 83.6 cm³/mol. The normalized spacial score (nSPS) is 17.7. The SMILES string of the molecule is Cc1ccc(C(CNCc2cn[nH]c2C)N2CCOCC2)o1. The van der Waals surface area contributed by atoms with E-state index in [4.69, 9.17) is 9.15 Å². The van der Waals surface area contributed by atoms with Gasteiger partial charge >= 0.3 is 0 Å². The van der Waals surface area contributed by atoms with Crippen molar-refractivity contribution in [2.75, 3.05) is 32.8 Å². The highest BCUT2D eigenvalue weighted by molar-refractivity contribution is 5.14. The molecule has 0 radical (unpaired) electrons. The van der Waals surface area contributed by atoms with Crippen molar-refractivity contribution >= 4 is 0 Å². The molecular weight excluding hydrogens is 280 g/mol. The van der Waals surface area contributed by atoms with Crippen LogP contribution in [-0.2, 0) is 11.3 Å². The standard InChI is InChI=1S/C16H24N4O2/c1-12-3-4-16(22-12)15(20-5-7-21-8-6-20)11-17-9-14-10-18-19-13(14)2/h3-4,10,15,17H,5-9,11H2,1-2H3,(H,18,19). The van der Waals surface area contributed by atoms with E-state index in [1.54, 1.807) is 0 Å². The summed E-state index contributed by atoms with van der Waals surface area (Å²) in [5.74, 6) is 1.98. The van der Waals surface area contributed by atoms with Gasteiger partial charge in [0.2, 0.25) is 0 Å². The van der Waals surface area contributed by atoms with Crippen LogP contribution in [0.4, 0.5) is 0 Å². The fourth-order valence-electron chi connectivity index (χ4n) is 2.83. The second-order valence-electron chi connectivity index (χ2n) is 5.76. The lowest BCUT2D eigenvalue weighted by Crippen LogP contribution is -2.42. The van der Waals surface area contributed by atoms with Gasteiger partial charge in [-0.15, -0.1) is 0 Å². The van der Waals surface area contributed by atoms with Crippen LogP contribution in [0.1, 0.15) is 28.8 Å². The molecule has 0 aliphatic carbocycles. The average Bonchev–Trinajstić information content (AvgIpc) is 3.13. The zero-order chi connectivity index (χ0) is 15.4. The second kappa shape index (κ2) is 7.09. The van der Waals surface area contributed by atoms with Crippen molar-refractivity contribution in [2.45, 2.75) is 26.4 Å². The molecule has 1 aliphatic rings. The molecule has 1 saturated heterocycles. The Morgan fingerprint density at radius 2 is 2.14 bits per heavy atom. The summed E-state index contributed by atoms with van der Waals surface area (Å²) in [5, 5.41) is 10.6. The third-order valence-electron chi connectivity index (χ3n) is 4.16. The van der Waals surface area contributed by atoms with E-state index in [-0.39, 0.29) is 6.04 Å². The number of hydrogen-bond acceptors (Lipinski definition) is 5. The van der Waals surface area contributed by atoms with Gasteiger partial charge in [-0.1, -0.05) is 0 Å². The number of H-pyrrole nitrogens is 1. The van der Waals surface area contributed by atoms with Gasteiger partial charge in [-0.25, -0.2) is 0 Å². The predicted octanol–water partition coefficient (Wildman–Crippen LogP) is 1.78. The van der Waals surface area contributed by atoms with Crippen molar-refractivity contribution in [3.05, 3.63) is 41.1 Å². The summed E-state index contributed by atoms with van der Waals surface area (Å²) in [6, 6.07) is 4.35. The maximum atomic E-state index is 5.87. The molecule has 6 nitrogen and oxygen atoms in total. The van der Waals surface area contributed by atoms with Crippen LogP contribution in [0.2, 0.25) is 0 Å². The van der Waals surface area contributed by atoms with Crippen LogP contribution in [0.5, 0.6) is 0 Å². The maximum Gasteiger partial charge on any atom is 0.122 e. The van der Waals surface area contributed by atoms with Gasteiger partial charge in [-0.2, -0.15) is 5.10 Å². The number of aromatic amines is 1. The minimum absolute atomic E-state index is 0.241. The molecule has 2 aromatic heterocycles. The molecular formula is C16H24N4O2. The molecule has 2 aromatic rings. The number of aromatic nitrogens is 2. The Morgan fingerprint density at radius 1 is 1.32 bits per heavy atom. The number of ether oxygens (including phenoxy) is 1. The minimum Gasteiger partial charge on any atom is -0.465 e. The van der Waals surface area contributed by atoms with Gasteiger partial charge in [-0.05, 0) is 26.0 Å². The Hall–Kier alpha value is -1.63. The highest BCUT2D eigenvalue weighted by Gasteiger charge is 2.24. The monoisotopic (exact) mass is 304 g/mol. The van der Waals surface area contributed by atoms with Gasteiger partial charge in [0.15, 0.2) is 0 Å². The summed E-state index contributed by atoms with van der Waals surface area (Å²) >= 11 is 0. The molecule has 0 aromatic carbocycles. The fraction of sp³-hybridized carbons (Fsp3) is 0.562. The lowest BCUT2D eigenvalue weighted by molar-refractivity contribution is 0.0115. The molecule has 22 heavy (non-hydrogen) atoms. The molecule has 120 valence electrons. The van der Waals surface area contributed by atoms with Crippen LogP contribution < -0.4 is 5.32 Å². The van der Waals surface area contributed by atoms with E-state index in [0.29, 0.717) is 0 Å². The number of rotatable bonds is 6.